The van der Waals surface area contributed by atoms with Crippen LogP contribution in [0.15, 0.2) is 52.1 Å². The smallest absolute Gasteiger partial charge is 0.191 e. The lowest BCUT2D eigenvalue weighted by molar-refractivity contribution is 0.223. The lowest BCUT2D eigenvalue weighted by Gasteiger charge is -2.18. The van der Waals surface area contributed by atoms with E-state index < -0.39 is 0 Å². The normalized spacial score (nSPS) is 12.7. The van der Waals surface area contributed by atoms with Crippen LogP contribution in [0.3, 0.4) is 0 Å². The van der Waals surface area contributed by atoms with Gasteiger partial charge in [0.1, 0.15) is 17.6 Å². The molecule has 0 aliphatic heterocycles. The average molecular weight is 315 g/mol. The van der Waals surface area contributed by atoms with Gasteiger partial charge >= 0.3 is 0 Å². The van der Waals surface area contributed by atoms with E-state index in [0.29, 0.717) is 6.54 Å². The van der Waals surface area contributed by atoms with Crippen LogP contribution in [-0.2, 0) is 6.42 Å². The molecule has 1 aromatic carbocycles. The predicted molar refractivity (Wildman–Crippen MR) is 93.0 cm³/mol. The molecule has 1 aromatic heterocycles. The summed E-state index contributed by atoms with van der Waals surface area (Å²) >= 11 is 0. The van der Waals surface area contributed by atoms with Crippen LogP contribution in [0.4, 0.5) is 0 Å². The van der Waals surface area contributed by atoms with Crippen LogP contribution in [-0.4, -0.2) is 32.2 Å². The van der Waals surface area contributed by atoms with Crippen molar-refractivity contribution < 1.29 is 9.15 Å². The molecule has 0 saturated carbocycles. The summed E-state index contributed by atoms with van der Waals surface area (Å²) in [6, 6.07) is 11.9. The molecular formula is C18H25N3O2. The predicted octanol–water partition coefficient (Wildman–Crippen LogP) is 2.76. The minimum atomic E-state index is 0.0421. The highest BCUT2D eigenvalue weighted by Gasteiger charge is 2.06. The molecule has 0 aliphatic carbocycles. The fourth-order valence-electron chi connectivity index (χ4n) is 2.18. The molecule has 2 N–H and O–H groups in total. The van der Waals surface area contributed by atoms with E-state index >= 15 is 0 Å². The summed E-state index contributed by atoms with van der Waals surface area (Å²) in [5, 5.41) is 6.53. The fraction of sp³-hybridized carbons (Fsp3) is 0.389. The topological polar surface area (TPSA) is 58.8 Å². The molecule has 0 spiro atoms. The number of ether oxygens (including phenoxy) is 1. The largest absolute Gasteiger partial charge is 0.489 e. The van der Waals surface area contributed by atoms with Crippen molar-refractivity contribution in [3.8, 4) is 5.75 Å². The molecule has 124 valence electrons. The molecule has 2 aromatic rings. The number of hydrogen-bond donors (Lipinski definition) is 2. The minimum absolute atomic E-state index is 0.0421. The van der Waals surface area contributed by atoms with Gasteiger partial charge in [-0.15, -0.1) is 0 Å². The van der Waals surface area contributed by atoms with Crippen LogP contribution < -0.4 is 15.4 Å². The van der Waals surface area contributed by atoms with Gasteiger partial charge < -0.3 is 19.8 Å². The summed E-state index contributed by atoms with van der Waals surface area (Å²) in [5.74, 6) is 2.61. The molecule has 2 rings (SSSR count). The van der Waals surface area contributed by atoms with Crippen molar-refractivity contribution in [3.05, 3.63) is 54.0 Å². The first-order valence-electron chi connectivity index (χ1n) is 7.87. The Morgan fingerprint density at radius 2 is 2.13 bits per heavy atom. The Morgan fingerprint density at radius 3 is 2.83 bits per heavy atom. The third kappa shape index (κ3) is 6.06. The van der Waals surface area contributed by atoms with Gasteiger partial charge in [-0.1, -0.05) is 12.1 Å². The molecule has 1 unspecified atom stereocenters. The highest BCUT2D eigenvalue weighted by molar-refractivity contribution is 5.79. The lowest BCUT2D eigenvalue weighted by Crippen LogP contribution is -2.42. The molecule has 0 radical (unpaired) electrons. The van der Waals surface area contributed by atoms with Crippen molar-refractivity contribution in [2.45, 2.75) is 26.4 Å². The Labute approximate surface area is 137 Å². The molecule has 5 nitrogen and oxygen atoms in total. The molecule has 0 amide bonds. The van der Waals surface area contributed by atoms with Crippen molar-refractivity contribution in [3.63, 3.8) is 0 Å². The molecule has 1 heterocycles. The van der Waals surface area contributed by atoms with Gasteiger partial charge in [0, 0.05) is 20.0 Å². The summed E-state index contributed by atoms with van der Waals surface area (Å²) in [6.07, 6.45) is 2.55. The maximum atomic E-state index is 5.89. The Bertz CT molecular complexity index is 608. The van der Waals surface area contributed by atoms with Crippen molar-refractivity contribution in [2.24, 2.45) is 4.99 Å². The second-order valence-corrected chi connectivity index (χ2v) is 5.45. The molecular weight excluding hydrogens is 290 g/mol. The number of benzene rings is 1. The second-order valence-electron chi connectivity index (χ2n) is 5.45. The highest BCUT2D eigenvalue weighted by Crippen LogP contribution is 2.13. The van der Waals surface area contributed by atoms with Crippen LogP contribution in [0, 0.1) is 6.92 Å². The number of nitrogens with zero attached hydrogens (tertiary/aromatic N) is 1. The highest BCUT2D eigenvalue weighted by atomic mass is 16.5. The molecule has 23 heavy (non-hydrogen) atoms. The molecule has 1 atom stereocenters. The average Bonchev–Trinajstić information content (AvgIpc) is 3.04. The van der Waals surface area contributed by atoms with Crippen molar-refractivity contribution in [1.29, 1.82) is 0 Å². The van der Waals surface area contributed by atoms with Gasteiger partial charge in [0.05, 0.1) is 12.8 Å². The van der Waals surface area contributed by atoms with Gasteiger partial charge in [-0.3, -0.25) is 4.99 Å². The molecule has 5 heteroatoms. The van der Waals surface area contributed by atoms with E-state index in [9.17, 15) is 0 Å². The Hall–Kier alpha value is -2.43. The van der Waals surface area contributed by atoms with E-state index in [2.05, 4.69) is 28.6 Å². The zero-order valence-electron chi connectivity index (χ0n) is 14.0. The van der Waals surface area contributed by atoms with E-state index in [1.165, 1.54) is 5.56 Å². The number of aliphatic imine (C=N–C) groups is 1. The summed E-state index contributed by atoms with van der Waals surface area (Å²) < 4.78 is 11.2. The monoisotopic (exact) mass is 315 g/mol. The van der Waals surface area contributed by atoms with E-state index in [0.717, 1.165) is 30.4 Å². The van der Waals surface area contributed by atoms with Crippen molar-refractivity contribution in [1.82, 2.24) is 10.6 Å². The Morgan fingerprint density at radius 1 is 1.26 bits per heavy atom. The van der Waals surface area contributed by atoms with E-state index in [4.69, 9.17) is 9.15 Å². The number of guanidine groups is 1. The number of nitrogens with one attached hydrogen (secondary N) is 2. The first-order valence-corrected chi connectivity index (χ1v) is 7.87. The summed E-state index contributed by atoms with van der Waals surface area (Å²) in [4.78, 5) is 4.21. The van der Waals surface area contributed by atoms with Gasteiger partial charge in [0.2, 0.25) is 0 Å². The van der Waals surface area contributed by atoms with Gasteiger partial charge in [-0.25, -0.2) is 0 Å². The molecule has 0 bridgehead atoms. The van der Waals surface area contributed by atoms with Crippen molar-refractivity contribution >= 4 is 5.96 Å². The summed E-state index contributed by atoms with van der Waals surface area (Å²) in [6.45, 7) is 5.53. The second kappa shape index (κ2) is 8.88. The fourth-order valence-corrected chi connectivity index (χ4v) is 2.18. The molecule has 0 saturated heterocycles. The van der Waals surface area contributed by atoms with Gasteiger partial charge in [-0.2, -0.15) is 0 Å². The number of rotatable bonds is 7. The van der Waals surface area contributed by atoms with Gasteiger partial charge in [-0.05, 0) is 43.7 Å². The third-order valence-corrected chi connectivity index (χ3v) is 3.35. The zero-order chi connectivity index (χ0) is 16.5. The lowest BCUT2D eigenvalue weighted by atomic mass is 10.2. The minimum Gasteiger partial charge on any atom is -0.489 e. The first-order chi connectivity index (χ1) is 11.2. The van der Waals surface area contributed by atoms with E-state index in [-0.39, 0.29) is 6.10 Å². The maximum Gasteiger partial charge on any atom is 0.191 e. The molecule has 0 aliphatic rings. The number of furan rings is 1. The third-order valence-electron chi connectivity index (χ3n) is 3.35. The SMILES string of the molecule is CN=C(NCCc1ccco1)NCC(C)Oc1cccc(C)c1. The van der Waals surface area contributed by atoms with Crippen LogP contribution in [0.2, 0.25) is 0 Å². The Kier molecular flexibility index (Phi) is 6.54. The van der Waals surface area contributed by atoms with E-state index in [1.807, 2.05) is 37.3 Å². The number of hydrogen-bond acceptors (Lipinski definition) is 3. The number of aryl methyl sites for hydroxylation is 1. The zero-order valence-corrected chi connectivity index (χ0v) is 14.0. The van der Waals surface area contributed by atoms with Crippen LogP contribution in [0.25, 0.3) is 0 Å². The Balaban J connectivity index is 1.70. The standard InChI is InChI=1S/C18H25N3O2/c1-14-6-4-7-17(12-14)23-15(2)13-21-18(19-3)20-10-9-16-8-5-11-22-16/h4-8,11-12,15H,9-10,13H2,1-3H3,(H2,19,20,21). The van der Waals surface area contributed by atoms with Crippen LogP contribution >= 0.6 is 0 Å². The van der Waals surface area contributed by atoms with Crippen molar-refractivity contribution in [2.75, 3.05) is 20.1 Å². The van der Waals surface area contributed by atoms with Gasteiger partial charge in [0.15, 0.2) is 5.96 Å². The maximum absolute atomic E-state index is 5.89. The van der Waals surface area contributed by atoms with E-state index in [1.54, 1.807) is 13.3 Å². The van der Waals surface area contributed by atoms with Gasteiger partial charge in [0.25, 0.3) is 0 Å². The first kappa shape index (κ1) is 16.9. The quantitative estimate of drug-likeness (QED) is 0.609. The summed E-state index contributed by atoms with van der Waals surface area (Å²) in [7, 11) is 1.76. The van der Waals surface area contributed by atoms with Crippen LogP contribution in [0.1, 0.15) is 18.2 Å². The van der Waals surface area contributed by atoms with Crippen LogP contribution in [0.5, 0.6) is 5.75 Å². The summed E-state index contributed by atoms with van der Waals surface area (Å²) in [5.41, 5.74) is 1.19. The molecule has 0 fully saturated rings.